The number of amides is 2. The highest BCUT2D eigenvalue weighted by atomic mass is 16.5. The number of benzene rings is 2. The Labute approximate surface area is 160 Å². The molecule has 0 saturated carbocycles. The molecule has 1 unspecified atom stereocenters. The van der Waals surface area contributed by atoms with Crippen molar-refractivity contribution >= 4 is 11.7 Å². The molecule has 0 bridgehead atoms. The molecule has 2 aromatic carbocycles. The lowest BCUT2D eigenvalue weighted by molar-refractivity contribution is 0.122. The summed E-state index contributed by atoms with van der Waals surface area (Å²) in [4.78, 5) is 16.7. The van der Waals surface area contributed by atoms with Gasteiger partial charge in [0.15, 0.2) is 0 Å². The molecular weight excluding hydrogens is 338 g/mol. The second kappa shape index (κ2) is 8.01. The molecule has 2 amide bonds. The SMILES string of the molecule is CN(Cc1ccc(N2CCOCC2)cc1)C(=O)NC1CCc2ccccc21. The van der Waals surface area contributed by atoms with Crippen molar-refractivity contribution in [3.63, 3.8) is 0 Å². The quantitative estimate of drug-likeness (QED) is 0.904. The maximum absolute atomic E-state index is 12.6. The predicted molar refractivity (Wildman–Crippen MR) is 107 cm³/mol. The molecule has 2 aliphatic rings. The van der Waals surface area contributed by atoms with E-state index in [1.54, 1.807) is 4.90 Å². The van der Waals surface area contributed by atoms with Crippen molar-refractivity contribution in [1.29, 1.82) is 0 Å². The first-order valence-electron chi connectivity index (χ1n) is 9.72. The fraction of sp³-hybridized carbons (Fsp3) is 0.409. The number of urea groups is 1. The Morgan fingerprint density at radius 3 is 2.67 bits per heavy atom. The van der Waals surface area contributed by atoms with Gasteiger partial charge in [-0.25, -0.2) is 4.79 Å². The average Bonchev–Trinajstić information content (AvgIpc) is 3.12. The van der Waals surface area contributed by atoms with Crippen LogP contribution in [0.4, 0.5) is 10.5 Å². The van der Waals surface area contributed by atoms with Crippen LogP contribution < -0.4 is 10.2 Å². The molecule has 0 spiro atoms. The number of nitrogens with zero attached hydrogens (tertiary/aromatic N) is 2. The van der Waals surface area contributed by atoms with Crippen molar-refractivity contribution in [2.45, 2.75) is 25.4 Å². The van der Waals surface area contributed by atoms with Gasteiger partial charge >= 0.3 is 6.03 Å². The monoisotopic (exact) mass is 365 g/mol. The molecule has 1 N–H and O–H groups in total. The van der Waals surface area contributed by atoms with E-state index in [-0.39, 0.29) is 12.1 Å². The number of fused-ring (bicyclic) bond motifs is 1. The Morgan fingerprint density at radius 1 is 1.15 bits per heavy atom. The number of morpholine rings is 1. The topological polar surface area (TPSA) is 44.8 Å². The minimum Gasteiger partial charge on any atom is -0.378 e. The number of nitrogens with one attached hydrogen (secondary N) is 1. The van der Waals surface area contributed by atoms with Crippen molar-refractivity contribution in [2.24, 2.45) is 0 Å². The minimum atomic E-state index is -0.0195. The summed E-state index contributed by atoms with van der Waals surface area (Å²) in [5, 5.41) is 3.18. The molecule has 1 saturated heterocycles. The second-order valence-corrected chi connectivity index (χ2v) is 7.36. The van der Waals surface area contributed by atoms with E-state index < -0.39 is 0 Å². The number of ether oxygens (including phenoxy) is 1. The van der Waals surface area contributed by atoms with Gasteiger partial charge < -0.3 is 19.9 Å². The maximum Gasteiger partial charge on any atom is 0.317 e. The van der Waals surface area contributed by atoms with Crippen LogP contribution in [0.15, 0.2) is 48.5 Å². The van der Waals surface area contributed by atoms with Gasteiger partial charge in [0.2, 0.25) is 0 Å². The summed E-state index contributed by atoms with van der Waals surface area (Å²) in [6.45, 7) is 4.04. The highest BCUT2D eigenvalue weighted by Crippen LogP contribution is 2.30. The molecular formula is C22H27N3O2. The van der Waals surface area contributed by atoms with Crippen molar-refractivity contribution < 1.29 is 9.53 Å². The zero-order valence-corrected chi connectivity index (χ0v) is 15.9. The lowest BCUT2D eigenvalue weighted by Crippen LogP contribution is -2.38. The molecule has 5 heteroatoms. The Morgan fingerprint density at radius 2 is 1.89 bits per heavy atom. The van der Waals surface area contributed by atoms with Gasteiger partial charge in [-0.1, -0.05) is 36.4 Å². The highest BCUT2D eigenvalue weighted by molar-refractivity contribution is 5.74. The zero-order chi connectivity index (χ0) is 18.6. The van der Waals surface area contributed by atoms with Crippen LogP contribution in [0.25, 0.3) is 0 Å². The van der Waals surface area contributed by atoms with Gasteiger partial charge in [-0.3, -0.25) is 0 Å². The van der Waals surface area contributed by atoms with E-state index in [0.29, 0.717) is 6.54 Å². The van der Waals surface area contributed by atoms with E-state index in [9.17, 15) is 4.79 Å². The van der Waals surface area contributed by atoms with Gasteiger partial charge in [-0.05, 0) is 41.7 Å². The summed E-state index contributed by atoms with van der Waals surface area (Å²) < 4.78 is 5.41. The summed E-state index contributed by atoms with van der Waals surface area (Å²) in [5.41, 5.74) is 4.96. The molecule has 27 heavy (non-hydrogen) atoms. The Balaban J connectivity index is 1.33. The van der Waals surface area contributed by atoms with E-state index in [2.05, 4.69) is 52.7 Å². The Hall–Kier alpha value is -2.53. The van der Waals surface area contributed by atoms with E-state index in [1.165, 1.54) is 16.8 Å². The first kappa shape index (κ1) is 17.9. The third kappa shape index (κ3) is 4.08. The third-order valence-electron chi connectivity index (χ3n) is 5.51. The lowest BCUT2D eigenvalue weighted by atomic mass is 10.1. The van der Waals surface area contributed by atoms with Crippen molar-refractivity contribution in [2.75, 3.05) is 38.3 Å². The van der Waals surface area contributed by atoms with E-state index in [1.807, 2.05) is 13.1 Å². The van der Waals surface area contributed by atoms with Crippen LogP contribution in [0.5, 0.6) is 0 Å². The smallest absolute Gasteiger partial charge is 0.317 e. The highest BCUT2D eigenvalue weighted by Gasteiger charge is 2.24. The summed E-state index contributed by atoms with van der Waals surface area (Å²) in [6, 6.07) is 17.0. The van der Waals surface area contributed by atoms with Crippen molar-refractivity contribution in [3.8, 4) is 0 Å². The fourth-order valence-corrected chi connectivity index (χ4v) is 3.95. The van der Waals surface area contributed by atoms with Gasteiger partial charge in [-0.2, -0.15) is 0 Å². The summed E-state index contributed by atoms with van der Waals surface area (Å²) >= 11 is 0. The van der Waals surface area contributed by atoms with Gasteiger partial charge in [0.25, 0.3) is 0 Å². The van der Waals surface area contributed by atoms with Gasteiger partial charge in [-0.15, -0.1) is 0 Å². The Bertz CT molecular complexity index is 784. The van der Waals surface area contributed by atoms with Crippen molar-refractivity contribution in [3.05, 3.63) is 65.2 Å². The molecule has 5 nitrogen and oxygen atoms in total. The van der Waals surface area contributed by atoms with Gasteiger partial charge in [0.05, 0.1) is 19.3 Å². The maximum atomic E-state index is 12.6. The standard InChI is InChI=1S/C22H27N3O2/c1-24(22(26)23-21-11-8-18-4-2-3-5-20(18)21)16-17-6-9-19(10-7-17)25-12-14-27-15-13-25/h2-7,9-10,21H,8,11-16H2,1H3,(H,23,26). The fourth-order valence-electron chi connectivity index (χ4n) is 3.95. The first-order valence-corrected chi connectivity index (χ1v) is 9.72. The summed E-state index contributed by atoms with van der Waals surface area (Å²) in [7, 11) is 1.85. The molecule has 1 fully saturated rings. The normalized spacial score (nSPS) is 18.9. The Kier molecular flexibility index (Phi) is 5.30. The van der Waals surface area contributed by atoms with Crippen LogP contribution in [-0.2, 0) is 17.7 Å². The van der Waals surface area contributed by atoms with Crippen LogP contribution in [0.2, 0.25) is 0 Å². The number of anilines is 1. The van der Waals surface area contributed by atoms with Crippen LogP contribution in [0.3, 0.4) is 0 Å². The van der Waals surface area contributed by atoms with Gasteiger partial charge in [0.1, 0.15) is 0 Å². The van der Waals surface area contributed by atoms with E-state index in [4.69, 9.17) is 4.74 Å². The van der Waals surface area contributed by atoms with E-state index in [0.717, 1.165) is 44.7 Å². The third-order valence-corrected chi connectivity index (χ3v) is 5.51. The minimum absolute atomic E-state index is 0.0195. The second-order valence-electron chi connectivity index (χ2n) is 7.36. The summed E-state index contributed by atoms with van der Waals surface area (Å²) in [6.07, 6.45) is 2.01. The van der Waals surface area contributed by atoms with Crippen LogP contribution in [0, 0.1) is 0 Å². The number of carbonyl (C=O) groups excluding carboxylic acids is 1. The molecule has 142 valence electrons. The molecule has 1 atom stereocenters. The molecule has 2 aromatic rings. The number of rotatable bonds is 4. The number of carbonyl (C=O) groups is 1. The van der Waals surface area contributed by atoms with Crippen molar-refractivity contribution in [1.82, 2.24) is 10.2 Å². The molecule has 1 aliphatic heterocycles. The largest absolute Gasteiger partial charge is 0.378 e. The molecule has 1 aliphatic carbocycles. The zero-order valence-electron chi connectivity index (χ0n) is 15.9. The first-order chi connectivity index (χ1) is 13.2. The molecule has 0 aromatic heterocycles. The lowest BCUT2D eigenvalue weighted by Gasteiger charge is -2.29. The predicted octanol–water partition coefficient (Wildman–Crippen LogP) is 3.35. The number of hydrogen-bond donors (Lipinski definition) is 1. The van der Waals surface area contributed by atoms with E-state index >= 15 is 0 Å². The van der Waals surface area contributed by atoms with Crippen LogP contribution in [-0.4, -0.2) is 44.3 Å². The number of hydrogen-bond acceptors (Lipinski definition) is 3. The number of aryl methyl sites for hydroxylation is 1. The van der Waals surface area contributed by atoms with Crippen LogP contribution in [0.1, 0.15) is 29.2 Å². The summed E-state index contributed by atoms with van der Waals surface area (Å²) in [5.74, 6) is 0. The molecule has 4 rings (SSSR count). The molecule has 1 heterocycles. The van der Waals surface area contributed by atoms with Crippen LogP contribution >= 0.6 is 0 Å². The molecule has 0 radical (unpaired) electrons. The van der Waals surface area contributed by atoms with Gasteiger partial charge in [0, 0.05) is 32.4 Å². The average molecular weight is 365 g/mol.